The van der Waals surface area contributed by atoms with Gasteiger partial charge in [-0.05, 0) is 30.3 Å². The van der Waals surface area contributed by atoms with Crippen molar-refractivity contribution in [3.63, 3.8) is 0 Å². The van der Waals surface area contributed by atoms with Gasteiger partial charge >= 0.3 is 6.36 Å². The van der Waals surface area contributed by atoms with Gasteiger partial charge in [0.15, 0.2) is 11.3 Å². The van der Waals surface area contributed by atoms with E-state index in [9.17, 15) is 21.6 Å². The standard InChI is InChI=1S/C19H16F3NO5S/c1-26-17-9-13(8-14-15-10-23-7-6-16(15)27-18(14)17)29(24,25)12-4-2-11(3-5-12)28-19(20,21)22/h2-5,8-9,23H,6-7,10H2,1H3. The number of hydrogen-bond donors (Lipinski definition) is 1. The van der Waals surface area contributed by atoms with E-state index < -0.39 is 21.9 Å². The molecular weight excluding hydrogens is 411 g/mol. The minimum absolute atomic E-state index is 0.0412. The molecule has 6 nitrogen and oxygen atoms in total. The number of alkyl halides is 3. The Labute approximate surface area is 164 Å². The van der Waals surface area contributed by atoms with E-state index in [4.69, 9.17) is 9.15 Å². The average Bonchev–Trinajstić information content (AvgIpc) is 3.05. The first-order valence-electron chi connectivity index (χ1n) is 8.63. The Hall–Kier alpha value is -2.72. The molecule has 0 spiro atoms. The summed E-state index contributed by atoms with van der Waals surface area (Å²) in [6.45, 7) is 1.30. The molecule has 10 heteroatoms. The molecule has 1 aliphatic rings. The van der Waals surface area contributed by atoms with Gasteiger partial charge in [0.05, 0.1) is 16.9 Å². The van der Waals surface area contributed by atoms with Crippen LogP contribution in [0.4, 0.5) is 13.2 Å². The molecule has 2 aromatic carbocycles. The fourth-order valence-corrected chi connectivity index (χ4v) is 4.62. The summed E-state index contributed by atoms with van der Waals surface area (Å²) < 4.78 is 78.0. The topological polar surface area (TPSA) is 77.8 Å². The van der Waals surface area contributed by atoms with Crippen molar-refractivity contribution in [1.29, 1.82) is 0 Å². The van der Waals surface area contributed by atoms with Gasteiger partial charge in [0, 0.05) is 36.5 Å². The van der Waals surface area contributed by atoms with E-state index >= 15 is 0 Å². The van der Waals surface area contributed by atoms with Gasteiger partial charge in [0.2, 0.25) is 9.84 Å². The smallest absolute Gasteiger partial charge is 0.493 e. The van der Waals surface area contributed by atoms with Crippen LogP contribution >= 0.6 is 0 Å². The first-order chi connectivity index (χ1) is 13.7. The Morgan fingerprint density at radius 2 is 1.83 bits per heavy atom. The molecule has 0 saturated carbocycles. The first-order valence-corrected chi connectivity index (χ1v) is 10.1. The number of ether oxygens (including phenoxy) is 2. The number of sulfone groups is 1. The lowest BCUT2D eigenvalue weighted by molar-refractivity contribution is -0.274. The Bertz CT molecular complexity index is 1170. The molecule has 29 heavy (non-hydrogen) atoms. The van der Waals surface area contributed by atoms with Crippen LogP contribution < -0.4 is 14.8 Å². The van der Waals surface area contributed by atoms with Gasteiger partial charge < -0.3 is 19.2 Å². The van der Waals surface area contributed by atoms with Crippen LogP contribution in [-0.2, 0) is 22.8 Å². The number of rotatable bonds is 4. The summed E-state index contributed by atoms with van der Waals surface area (Å²) in [6, 6.07) is 6.90. The molecule has 1 aromatic heterocycles. The summed E-state index contributed by atoms with van der Waals surface area (Å²) in [5.74, 6) is 0.548. The fourth-order valence-electron chi connectivity index (χ4n) is 3.32. The normalized spacial score (nSPS) is 14.6. The molecule has 0 saturated heterocycles. The van der Waals surface area contributed by atoms with Crippen molar-refractivity contribution in [2.45, 2.75) is 29.1 Å². The minimum atomic E-state index is -4.85. The second-order valence-corrected chi connectivity index (χ2v) is 8.41. The third kappa shape index (κ3) is 3.65. The summed E-state index contributed by atoms with van der Waals surface area (Å²) in [7, 11) is -2.60. The van der Waals surface area contributed by atoms with Crippen molar-refractivity contribution in [2.75, 3.05) is 13.7 Å². The second kappa shape index (κ2) is 6.96. The molecule has 0 fully saturated rings. The molecule has 0 atom stereocenters. The van der Waals surface area contributed by atoms with Crippen molar-refractivity contribution in [1.82, 2.24) is 5.32 Å². The number of nitrogens with one attached hydrogen (secondary N) is 1. The van der Waals surface area contributed by atoms with Gasteiger partial charge in [-0.25, -0.2) is 8.42 Å². The summed E-state index contributed by atoms with van der Waals surface area (Å²) in [5, 5.41) is 3.84. The number of halogens is 3. The lowest BCUT2D eigenvalue weighted by Gasteiger charge is -2.12. The fraction of sp³-hybridized carbons (Fsp3) is 0.263. The molecule has 1 N–H and O–H groups in total. The lowest BCUT2D eigenvalue weighted by atomic mass is 10.1. The molecule has 0 bridgehead atoms. The van der Waals surface area contributed by atoms with Crippen LogP contribution in [0, 0.1) is 0 Å². The van der Waals surface area contributed by atoms with Gasteiger partial charge in [0.1, 0.15) is 11.5 Å². The first kappa shape index (κ1) is 19.6. The largest absolute Gasteiger partial charge is 0.573 e. The maximum absolute atomic E-state index is 13.1. The highest BCUT2D eigenvalue weighted by atomic mass is 32.2. The lowest BCUT2D eigenvalue weighted by Crippen LogP contribution is -2.22. The number of methoxy groups -OCH3 is 1. The predicted octanol–water partition coefficient (Wildman–Crippen LogP) is 3.82. The van der Waals surface area contributed by atoms with E-state index in [1.807, 2.05) is 0 Å². The monoisotopic (exact) mass is 427 g/mol. The summed E-state index contributed by atoms with van der Waals surface area (Å²) in [5.41, 5.74) is 1.34. The van der Waals surface area contributed by atoms with E-state index in [1.54, 1.807) is 0 Å². The minimum Gasteiger partial charge on any atom is -0.493 e. The summed E-state index contributed by atoms with van der Waals surface area (Å²) >= 11 is 0. The summed E-state index contributed by atoms with van der Waals surface area (Å²) in [4.78, 5) is -0.204. The summed E-state index contributed by atoms with van der Waals surface area (Å²) in [6.07, 6.45) is -4.18. The van der Waals surface area contributed by atoms with Crippen LogP contribution in [0.1, 0.15) is 11.3 Å². The zero-order valence-electron chi connectivity index (χ0n) is 15.2. The van der Waals surface area contributed by atoms with Crippen LogP contribution in [0.5, 0.6) is 11.5 Å². The van der Waals surface area contributed by atoms with E-state index in [0.717, 1.165) is 42.1 Å². The Kier molecular flexibility index (Phi) is 4.70. The Balaban J connectivity index is 1.78. The molecule has 1 aliphatic heterocycles. The van der Waals surface area contributed by atoms with Gasteiger partial charge in [-0.3, -0.25) is 0 Å². The maximum Gasteiger partial charge on any atom is 0.573 e. The highest BCUT2D eigenvalue weighted by Crippen LogP contribution is 2.38. The van der Waals surface area contributed by atoms with E-state index in [0.29, 0.717) is 23.9 Å². The van der Waals surface area contributed by atoms with Gasteiger partial charge in [-0.1, -0.05) is 0 Å². The molecule has 4 rings (SSSR count). The SMILES string of the molecule is COc1cc(S(=O)(=O)c2ccc(OC(F)(F)F)cc2)cc2c3c(oc12)CCNC3. The second-order valence-electron chi connectivity index (χ2n) is 6.46. The van der Waals surface area contributed by atoms with Crippen LogP contribution in [0.2, 0.25) is 0 Å². The van der Waals surface area contributed by atoms with Crippen LogP contribution in [0.15, 0.2) is 50.6 Å². The number of benzene rings is 2. The number of furan rings is 1. The van der Waals surface area contributed by atoms with E-state index in [1.165, 1.54) is 19.2 Å². The van der Waals surface area contributed by atoms with Crippen LogP contribution in [0.3, 0.4) is 0 Å². The molecule has 3 aromatic rings. The van der Waals surface area contributed by atoms with Crippen molar-refractivity contribution in [3.05, 3.63) is 47.7 Å². The van der Waals surface area contributed by atoms with Crippen molar-refractivity contribution in [3.8, 4) is 11.5 Å². The van der Waals surface area contributed by atoms with E-state index in [2.05, 4.69) is 10.1 Å². The number of fused-ring (bicyclic) bond motifs is 3. The van der Waals surface area contributed by atoms with Crippen LogP contribution in [0.25, 0.3) is 11.0 Å². The molecule has 0 unspecified atom stereocenters. The zero-order chi connectivity index (χ0) is 20.8. The molecule has 0 aliphatic carbocycles. The Morgan fingerprint density at radius 3 is 2.48 bits per heavy atom. The molecule has 0 amide bonds. The van der Waals surface area contributed by atoms with Crippen LogP contribution in [-0.4, -0.2) is 28.4 Å². The average molecular weight is 427 g/mol. The van der Waals surface area contributed by atoms with Crippen molar-refractivity contribution in [2.24, 2.45) is 0 Å². The van der Waals surface area contributed by atoms with Gasteiger partial charge in [-0.15, -0.1) is 13.2 Å². The zero-order valence-corrected chi connectivity index (χ0v) is 16.0. The third-order valence-electron chi connectivity index (χ3n) is 4.64. The van der Waals surface area contributed by atoms with E-state index in [-0.39, 0.29) is 15.5 Å². The quantitative estimate of drug-likeness (QED) is 0.682. The molecular formula is C19H16F3NO5S. The molecule has 154 valence electrons. The number of hydrogen-bond acceptors (Lipinski definition) is 6. The molecule has 0 radical (unpaired) electrons. The highest BCUT2D eigenvalue weighted by Gasteiger charge is 2.31. The van der Waals surface area contributed by atoms with Gasteiger partial charge in [-0.2, -0.15) is 0 Å². The van der Waals surface area contributed by atoms with Crippen molar-refractivity contribution >= 4 is 20.8 Å². The predicted molar refractivity (Wildman–Crippen MR) is 96.8 cm³/mol. The highest BCUT2D eigenvalue weighted by molar-refractivity contribution is 7.91. The van der Waals surface area contributed by atoms with Crippen molar-refractivity contribution < 1.29 is 35.5 Å². The third-order valence-corrected chi connectivity index (χ3v) is 6.39. The van der Waals surface area contributed by atoms with Gasteiger partial charge in [0.25, 0.3) is 0 Å². The molecule has 2 heterocycles. The maximum atomic E-state index is 13.1. The Morgan fingerprint density at radius 1 is 1.10 bits per heavy atom.